The lowest BCUT2D eigenvalue weighted by atomic mass is 9.88. The standard InChI is InChI=1S/C50H48N10O24/c1-83-21-6-2-19(3-7-21)59-28-23(26(53-59)42(51)70)11-13-56(45(28)73)31-36(64)40(68)33(41(69)37(31)65)58-46(74)47(75,76)14-18(50(58,81)82)16-84-22-8-4-20(5-9-22)60-29-24(27(54-60)43(52)71)10-12-55(44(29)72)30-34(62)38(66)32(39(67)35(30)63)57-17-49(79,80)48(77,78)15-25(57)61/h2-9,18,62-69,75-82H,10-17H2,1H3,(H2,51,70)(H2,52,71). The van der Waals surface area contributed by atoms with E-state index in [1.807, 2.05) is 0 Å². The van der Waals surface area contributed by atoms with Gasteiger partial charge in [-0.1, -0.05) is 0 Å². The van der Waals surface area contributed by atoms with E-state index < -0.39 is 184 Å². The number of piperidine rings is 2. The minimum Gasteiger partial charge on any atom is -0.503 e. The first-order valence-corrected chi connectivity index (χ1v) is 24.6. The molecule has 0 spiro atoms. The number of fused-ring (bicyclic) bond motifs is 2. The number of phenols is 8. The molecule has 6 amide bonds. The summed E-state index contributed by atoms with van der Waals surface area (Å²) in [6.07, 6.45) is -3.18. The number of amides is 6. The summed E-state index contributed by atoms with van der Waals surface area (Å²) in [6, 6.07) is 10.7. The minimum absolute atomic E-state index is 0.0470. The van der Waals surface area contributed by atoms with E-state index >= 15 is 0 Å². The molecule has 1 atom stereocenters. The topological polar surface area (TPSA) is 545 Å². The smallest absolute Gasteiger partial charge is 0.291 e. The molecule has 0 bridgehead atoms. The summed E-state index contributed by atoms with van der Waals surface area (Å²) in [5.74, 6) is -35.5. The summed E-state index contributed by atoms with van der Waals surface area (Å²) in [4.78, 5) is 81.5. The van der Waals surface area contributed by atoms with Crippen LogP contribution in [0.1, 0.15) is 65.9 Å². The Morgan fingerprint density at radius 2 is 0.964 bits per heavy atom. The second-order valence-electron chi connectivity index (χ2n) is 19.8. The Labute approximate surface area is 467 Å². The van der Waals surface area contributed by atoms with Crippen molar-refractivity contribution in [3.05, 3.63) is 82.4 Å². The maximum atomic E-state index is 14.4. The van der Waals surface area contributed by atoms with Crippen molar-refractivity contribution in [1.82, 2.24) is 19.6 Å². The predicted molar refractivity (Wildman–Crippen MR) is 274 cm³/mol. The number of β-amino-alcohol motifs (C(OH)–C–C–N with tert-alkyl or cyclic N) is 2. The number of hydrogen-bond acceptors (Lipinski definition) is 26. The van der Waals surface area contributed by atoms with Gasteiger partial charge in [-0.2, -0.15) is 10.2 Å². The molecule has 0 aliphatic carbocycles. The molecular weight excluding hydrogens is 1120 g/mol. The van der Waals surface area contributed by atoms with Crippen LogP contribution in [0.2, 0.25) is 0 Å². The van der Waals surface area contributed by atoms with E-state index in [1.54, 1.807) is 0 Å². The number of aromatic hydroxyl groups is 8. The van der Waals surface area contributed by atoms with Gasteiger partial charge in [-0.15, -0.1) is 0 Å². The quantitative estimate of drug-likeness (QED) is 0.0317. The number of rotatable bonds is 12. The lowest BCUT2D eigenvalue weighted by Gasteiger charge is -2.47. The van der Waals surface area contributed by atoms with Crippen LogP contribution in [-0.4, -0.2) is 193 Å². The fourth-order valence-electron chi connectivity index (χ4n) is 10.4. The van der Waals surface area contributed by atoms with Gasteiger partial charge in [0.25, 0.3) is 35.4 Å². The fraction of sp³-hybridized carbons (Fsp3) is 0.280. The van der Waals surface area contributed by atoms with Crippen LogP contribution in [0.4, 0.5) is 22.7 Å². The monoisotopic (exact) mass is 1170 g/mol. The molecule has 4 aliphatic rings. The van der Waals surface area contributed by atoms with Gasteiger partial charge in [0.2, 0.25) is 23.3 Å². The van der Waals surface area contributed by atoms with Gasteiger partial charge in [0.15, 0.2) is 57.4 Å². The number of methoxy groups -OCH3 is 1. The number of aliphatic hydroxyl groups is 8. The van der Waals surface area contributed by atoms with Gasteiger partial charge in [0.1, 0.15) is 45.6 Å². The van der Waals surface area contributed by atoms with Gasteiger partial charge >= 0.3 is 0 Å². The van der Waals surface area contributed by atoms with E-state index in [9.17, 15) is 110 Å². The van der Waals surface area contributed by atoms with Crippen molar-refractivity contribution < 1.29 is 120 Å². The summed E-state index contributed by atoms with van der Waals surface area (Å²) < 4.78 is 12.8. The second kappa shape index (κ2) is 19.5. The van der Waals surface area contributed by atoms with Crippen LogP contribution in [-0.2, 0) is 22.4 Å². The van der Waals surface area contributed by atoms with E-state index in [4.69, 9.17) is 20.9 Å². The Morgan fingerprint density at radius 1 is 0.571 bits per heavy atom. The van der Waals surface area contributed by atoms with Crippen molar-refractivity contribution in [2.75, 3.05) is 53.0 Å². The second-order valence-corrected chi connectivity index (χ2v) is 19.8. The van der Waals surface area contributed by atoms with Crippen molar-refractivity contribution in [3.8, 4) is 68.9 Å². The van der Waals surface area contributed by atoms with Gasteiger partial charge in [-0.05, 0) is 61.4 Å². The van der Waals surface area contributed by atoms with Crippen LogP contribution < -0.4 is 40.5 Å². The van der Waals surface area contributed by atoms with Crippen LogP contribution in [0.25, 0.3) is 11.4 Å². The lowest BCUT2D eigenvalue weighted by molar-refractivity contribution is -0.354. The van der Waals surface area contributed by atoms with Gasteiger partial charge in [0.05, 0.1) is 44.0 Å². The van der Waals surface area contributed by atoms with E-state index in [0.29, 0.717) is 15.5 Å². The van der Waals surface area contributed by atoms with E-state index in [-0.39, 0.29) is 62.3 Å². The molecule has 1 unspecified atom stereocenters. The first kappa shape index (κ1) is 57.1. The molecule has 4 aromatic carbocycles. The SMILES string of the molecule is COc1ccc(-n2nc(C(N)=O)c3c2C(=O)N(c2c(O)c(O)c(N4C(=O)C(O)(O)CC(COc5ccc(-n6nc(C(N)=O)c7c6C(=O)N(c6c(O)c(O)c(N8CC(O)(O)C(O)(O)CC8=O)c(O)c6O)CC7)cc5)C4(O)O)c(O)c2O)CC3)cc1. The maximum Gasteiger partial charge on any atom is 0.291 e. The number of phenolic OH excluding ortho intramolecular Hbond substituents is 8. The van der Waals surface area contributed by atoms with Gasteiger partial charge in [0, 0.05) is 30.6 Å². The Balaban J connectivity index is 0.916. The highest BCUT2D eigenvalue weighted by Gasteiger charge is 2.61. The minimum atomic E-state index is -3.72. The number of nitrogens with two attached hydrogens (primary N) is 2. The molecule has 20 N–H and O–H groups in total. The number of hydrogen-bond donors (Lipinski definition) is 18. The van der Waals surface area contributed by atoms with Crippen molar-refractivity contribution >= 4 is 58.2 Å². The first-order chi connectivity index (χ1) is 39.3. The zero-order chi connectivity index (χ0) is 61.3. The molecule has 6 heterocycles. The van der Waals surface area contributed by atoms with Gasteiger partial charge in [-0.3, -0.25) is 43.5 Å². The Morgan fingerprint density at radius 3 is 1.37 bits per heavy atom. The first-order valence-electron chi connectivity index (χ1n) is 24.6. The van der Waals surface area contributed by atoms with E-state index in [0.717, 1.165) is 9.36 Å². The largest absolute Gasteiger partial charge is 0.503 e. The highest BCUT2D eigenvalue weighted by atomic mass is 16.6. The van der Waals surface area contributed by atoms with Crippen molar-refractivity contribution in [2.45, 2.75) is 49.0 Å². The highest BCUT2D eigenvalue weighted by Crippen LogP contribution is 2.60. The summed E-state index contributed by atoms with van der Waals surface area (Å²) in [5, 5.41) is 184. The van der Waals surface area contributed by atoms with Crippen LogP contribution in [0, 0.1) is 5.92 Å². The average molecular weight is 1170 g/mol. The third-order valence-electron chi connectivity index (χ3n) is 14.7. The molecule has 10 rings (SSSR count). The number of carbonyl (C=O) groups excluding carboxylic acids is 6. The fourth-order valence-corrected chi connectivity index (χ4v) is 10.4. The predicted octanol–water partition coefficient (Wildman–Crippen LogP) is -3.84. The molecule has 442 valence electrons. The Kier molecular flexibility index (Phi) is 13.2. The summed E-state index contributed by atoms with van der Waals surface area (Å²) in [7, 11) is 1.40. The van der Waals surface area contributed by atoms with E-state index in [1.165, 1.54) is 55.6 Å². The number of ether oxygens (including phenoxy) is 2. The highest BCUT2D eigenvalue weighted by molar-refractivity contribution is 6.14. The van der Waals surface area contributed by atoms with Crippen LogP contribution >= 0.6 is 0 Å². The number of benzene rings is 4. The zero-order valence-corrected chi connectivity index (χ0v) is 43.0. The normalized spacial score (nSPS) is 18.8. The number of aromatic nitrogens is 4. The van der Waals surface area contributed by atoms with Crippen LogP contribution in [0.3, 0.4) is 0 Å². The van der Waals surface area contributed by atoms with Crippen LogP contribution in [0.5, 0.6) is 57.5 Å². The molecule has 6 aromatic rings. The molecule has 2 aromatic heterocycles. The number of anilines is 4. The van der Waals surface area contributed by atoms with Gasteiger partial charge in [-0.25, -0.2) is 14.3 Å². The van der Waals surface area contributed by atoms with Crippen molar-refractivity contribution in [2.24, 2.45) is 17.4 Å². The Bertz CT molecular complexity index is 3780. The maximum absolute atomic E-state index is 14.4. The molecule has 0 radical (unpaired) electrons. The molecule has 34 heteroatoms. The molecule has 0 saturated carbocycles. The van der Waals surface area contributed by atoms with Crippen LogP contribution in [0.15, 0.2) is 48.5 Å². The van der Waals surface area contributed by atoms with Crippen molar-refractivity contribution in [1.29, 1.82) is 0 Å². The third-order valence-corrected chi connectivity index (χ3v) is 14.7. The molecule has 84 heavy (non-hydrogen) atoms. The number of carbonyl (C=O) groups is 6. The molecule has 2 fully saturated rings. The average Bonchev–Trinajstić information content (AvgIpc) is 0.946. The summed E-state index contributed by atoms with van der Waals surface area (Å²) in [6.45, 7) is -3.41. The zero-order valence-electron chi connectivity index (χ0n) is 43.0. The molecule has 34 nitrogen and oxygen atoms in total. The Hall–Kier alpha value is -10.2. The van der Waals surface area contributed by atoms with Gasteiger partial charge < -0.3 is 103 Å². The third kappa shape index (κ3) is 8.58. The summed E-state index contributed by atoms with van der Waals surface area (Å²) in [5.41, 5.74) is 5.20. The molecule has 2 saturated heterocycles. The lowest BCUT2D eigenvalue weighted by Crippen LogP contribution is -2.69. The van der Waals surface area contributed by atoms with Crippen molar-refractivity contribution in [3.63, 3.8) is 0 Å². The van der Waals surface area contributed by atoms with E-state index in [2.05, 4.69) is 10.2 Å². The number of primary amides is 2. The molecule has 4 aliphatic heterocycles. The molecular formula is C50H48N10O24. The summed E-state index contributed by atoms with van der Waals surface area (Å²) >= 11 is 0. The number of nitrogens with zero attached hydrogens (tertiary/aromatic N) is 8.